The maximum atomic E-state index is 11.5. The Balaban J connectivity index is 0.000000169. The van der Waals surface area contributed by atoms with Crippen LogP contribution in [0.1, 0.15) is 145 Å². The molecule has 5 fully saturated rings. The van der Waals surface area contributed by atoms with Crippen molar-refractivity contribution in [3.8, 4) is 18.2 Å². The molecule has 6 aromatic carbocycles. The van der Waals surface area contributed by atoms with Gasteiger partial charge in [-0.05, 0) is 149 Å². The number of pyridine rings is 3. The first-order valence-corrected chi connectivity index (χ1v) is 42.4. The van der Waals surface area contributed by atoms with E-state index < -0.39 is 26.9 Å². The van der Waals surface area contributed by atoms with Gasteiger partial charge in [0.05, 0.1) is 135 Å². The van der Waals surface area contributed by atoms with Crippen molar-refractivity contribution in [1.29, 1.82) is 15.8 Å². The normalized spacial score (nSPS) is 19.9. The van der Waals surface area contributed by atoms with Gasteiger partial charge in [-0.1, -0.05) is 144 Å². The Morgan fingerprint density at radius 2 is 0.873 bits per heavy atom. The van der Waals surface area contributed by atoms with E-state index in [1.54, 1.807) is 61.8 Å². The lowest BCUT2D eigenvalue weighted by molar-refractivity contribution is -0.169. The van der Waals surface area contributed by atoms with Crippen molar-refractivity contribution in [2.24, 2.45) is 0 Å². The minimum Gasteiger partial charge on any atom is -0.400 e. The molecule has 0 aliphatic carbocycles. The molecule has 8 heterocycles. The summed E-state index contributed by atoms with van der Waals surface area (Å²) in [6.45, 7) is 14.9. The van der Waals surface area contributed by atoms with Gasteiger partial charge >= 0.3 is 0 Å². The first kappa shape index (κ1) is 91.2. The van der Waals surface area contributed by atoms with Crippen molar-refractivity contribution < 1.29 is 57.1 Å². The zero-order valence-electron chi connectivity index (χ0n) is 67.3. The van der Waals surface area contributed by atoms with Gasteiger partial charge in [0.15, 0.2) is 12.6 Å². The monoisotopic (exact) mass is 1680 g/mol. The molecule has 5 saturated heterocycles. The molecule has 3 aromatic heterocycles. The standard InChI is InChI=1S/C31H35ClN4O3.C26H27ClN4O2.C17H16ClN3.C15H23NO6S.CH4O/c1-31(37,25-11-12-26(34-19-25)21-39-30-9-5-6-16-38-30)22-35-14-15-36(28-13-10-23(18-33)17-27(28)32)29(20-35)24-7-3-2-4-8-24;1-26(33,21-8-9-22(17-32)29-15-21)18-30-11-12-31(24-10-7-19(14-28)13-23(24)27)25(16-30)20-5-3-2-4-6-20;18-15-10-13(11-19)6-7-16(15)21-9-8-20-12-17(21)14-4-2-1-3-5-14;1-15(17,11-22-23(2,18)19)12-6-7-13(16-9-12)10-21-14-5-3-4-8-20-14;1-2/h2-4,7-8,10-13,17,19,29-30,37H,5-6,9,14-16,20-22H2,1H3;2-10,13,15,25,32-33H,11-12,16-18H2,1H3;1-7,10,17,20H,8-9,12H2;6-7,9,14,17H,3-5,8,10-11H2,1-2H3;2H,1H3/t29-,30?,31+;25-,26+;17-;14?,15-;/m0001./s1. The predicted molar refractivity (Wildman–Crippen MR) is 457 cm³/mol. The lowest BCUT2D eigenvalue weighted by atomic mass is 9.94. The Morgan fingerprint density at radius 1 is 0.500 bits per heavy atom. The van der Waals surface area contributed by atoms with Gasteiger partial charge in [0.1, 0.15) is 16.8 Å². The van der Waals surface area contributed by atoms with Crippen molar-refractivity contribution in [3.05, 3.63) is 283 Å². The van der Waals surface area contributed by atoms with Crippen LogP contribution in [0.5, 0.6) is 0 Å². The number of halogens is 3. The molecule has 5 aliphatic rings. The van der Waals surface area contributed by atoms with Gasteiger partial charge in [-0.3, -0.25) is 28.9 Å². The largest absolute Gasteiger partial charge is 0.400 e. The molecule has 0 amide bonds. The topological polar surface area (TPSA) is 320 Å². The fraction of sp³-hybridized carbons (Fsp3) is 0.400. The third kappa shape index (κ3) is 26.2. The lowest BCUT2D eigenvalue weighted by Crippen LogP contribution is -2.52. The number of anilines is 3. The summed E-state index contributed by atoms with van der Waals surface area (Å²) >= 11 is 19.6. The third-order valence-corrected chi connectivity index (χ3v) is 22.6. The van der Waals surface area contributed by atoms with E-state index in [9.17, 15) is 39.4 Å². The minimum absolute atomic E-state index is 0.0380. The highest BCUT2D eigenvalue weighted by atomic mass is 35.5. The van der Waals surface area contributed by atoms with E-state index in [0.29, 0.717) is 87.1 Å². The first-order chi connectivity index (χ1) is 56.9. The Kier molecular flexibility index (Phi) is 34.3. The smallest absolute Gasteiger partial charge is 0.264 e. The second kappa shape index (κ2) is 44.3. The maximum Gasteiger partial charge on any atom is 0.264 e. The van der Waals surface area contributed by atoms with Crippen LogP contribution in [0.3, 0.4) is 0 Å². The summed E-state index contributed by atoms with van der Waals surface area (Å²) < 4.78 is 49.3. The molecule has 28 heteroatoms. The molecule has 5 aliphatic heterocycles. The van der Waals surface area contributed by atoms with Crippen LogP contribution in [0.25, 0.3) is 0 Å². The van der Waals surface area contributed by atoms with E-state index >= 15 is 0 Å². The fourth-order valence-electron chi connectivity index (χ4n) is 14.8. The van der Waals surface area contributed by atoms with Gasteiger partial charge in [0, 0.05) is 128 Å². The molecule has 624 valence electrons. The number of nitriles is 3. The van der Waals surface area contributed by atoms with Gasteiger partial charge in [0.25, 0.3) is 10.1 Å². The second-order valence-electron chi connectivity index (χ2n) is 30.1. The molecule has 118 heavy (non-hydrogen) atoms. The van der Waals surface area contributed by atoms with Gasteiger partial charge in [-0.2, -0.15) is 24.2 Å². The van der Waals surface area contributed by atoms with Crippen molar-refractivity contribution in [1.82, 2.24) is 30.1 Å². The molecule has 24 nitrogen and oxygen atoms in total. The lowest BCUT2D eigenvalue weighted by Gasteiger charge is -2.45. The Labute approximate surface area is 708 Å². The van der Waals surface area contributed by atoms with Crippen molar-refractivity contribution in [2.45, 2.75) is 127 Å². The number of β-amino-alcohol motifs (C(OH)–C–C–N with tert-alkyl or cyclic N) is 2. The molecule has 9 aromatic rings. The Hall–Kier alpha value is -9.06. The van der Waals surface area contributed by atoms with Crippen molar-refractivity contribution in [2.75, 3.05) is 120 Å². The van der Waals surface area contributed by atoms with E-state index in [4.69, 9.17) is 64.1 Å². The van der Waals surface area contributed by atoms with Crippen LogP contribution < -0.4 is 20.0 Å². The predicted octanol–water partition coefficient (Wildman–Crippen LogP) is 13.6. The molecule has 0 spiro atoms. The van der Waals surface area contributed by atoms with Crippen LogP contribution in [0.15, 0.2) is 201 Å². The number of hydrogen-bond donors (Lipinski definition) is 6. The van der Waals surface area contributed by atoms with Crippen LogP contribution >= 0.6 is 34.8 Å². The van der Waals surface area contributed by atoms with E-state index in [0.717, 1.165) is 151 Å². The Bertz CT molecular complexity index is 4870. The number of aliphatic hydroxyl groups excluding tert-OH is 2. The number of aliphatic hydroxyl groups is 5. The SMILES string of the molecule is CO.C[C@@](O)(CN1CCN(c2ccc(C#N)cc2Cl)[C@H](c2ccccc2)C1)c1ccc(CO)nc1.C[C@@](O)(CN1CCN(c2ccc(C#N)cc2Cl)[C@H](c2ccccc2)C1)c1ccc(COC2CCCCO2)nc1.C[C@@](O)(COS(C)(=O)=O)c1ccc(COC2CCCCO2)nc1.N#Cc1ccc(N2CCNC[C@H]2c2ccccc2)c(Cl)c1. The molecule has 0 saturated carbocycles. The van der Waals surface area contributed by atoms with Crippen LogP contribution in [-0.4, -0.2) is 176 Å². The molecular weight excluding hydrogens is 1580 g/mol. The molecule has 6 N–H and O–H groups in total. The minimum atomic E-state index is -3.61. The summed E-state index contributed by atoms with van der Waals surface area (Å²) in [7, 11) is -2.61. The zero-order valence-corrected chi connectivity index (χ0v) is 70.3. The highest BCUT2D eigenvalue weighted by molar-refractivity contribution is 7.86. The van der Waals surface area contributed by atoms with Gasteiger partial charge < -0.3 is 64.5 Å². The van der Waals surface area contributed by atoms with Crippen LogP contribution in [0, 0.1) is 34.0 Å². The van der Waals surface area contributed by atoms with Crippen molar-refractivity contribution in [3.63, 3.8) is 0 Å². The average molecular weight is 1690 g/mol. The molecule has 8 atom stereocenters. The molecule has 2 unspecified atom stereocenters. The molecular formula is C90H105Cl3N12O12S. The highest BCUT2D eigenvalue weighted by Gasteiger charge is 2.37. The number of ether oxygens (including phenoxy) is 4. The number of benzene rings is 6. The Morgan fingerprint density at radius 3 is 1.21 bits per heavy atom. The average Bonchev–Trinajstić information content (AvgIpc) is 0.785. The van der Waals surface area contributed by atoms with Gasteiger partial charge in [-0.15, -0.1) is 0 Å². The number of nitrogens with one attached hydrogen (secondary N) is 1. The third-order valence-electron chi connectivity index (χ3n) is 21.1. The molecule has 0 radical (unpaired) electrons. The van der Waals surface area contributed by atoms with Gasteiger partial charge in [0.2, 0.25) is 0 Å². The van der Waals surface area contributed by atoms with Gasteiger partial charge in [-0.25, -0.2) is 0 Å². The quantitative estimate of drug-likeness (QED) is 0.0324. The summed E-state index contributed by atoms with van der Waals surface area (Å²) in [5, 5.41) is 81.9. The van der Waals surface area contributed by atoms with E-state index in [2.05, 4.69) is 116 Å². The second-order valence-corrected chi connectivity index (χ2v) is 33.0. The summed E-state index contributed by atoms with van der Waals surface area (Å²) in [5.74, 6) is 0. The van der Waals surface area contributed by atoms with E-state index in [-0.39, 0.29) is 43.9 Å². The van der Waals surface area contributed by atoms with Crippen LogP contribution in [0.2, 0.25) is 15.1 Å². The summed E-state index contributed by atoms with van der Waals surface area (Å²) in [4.78, 5) is 24.5. The number of nitrogens with zero attached hydrogens (tertiary/aromatic N) is 11. The zero-order chi connectivity index (χ0) is 84.2. The number of aromatic nitrogens is 3. The summed E-state index contributed by atoms with van der Waals surface area (Å²) in [5.41, 5.74) is 8.55. The summed E-state index contributed by atoms with van der Waals surface area (Å²) in [6.07, 6.45) is 11.7. The first-order valence-electron chi connectivity index (χ1n) is 39.5. The van der Waals surface area contributed by atoms with Crippen LogP contribution in [0.4, 0.5) is 17.1 Å². The van der Waals surface area contributed by atoms with Crippen molar-refractivity contribution >= 4 is 62.0 Å². The highest BCUT2D eigenvalue weighted by Crippen LogP contribution is 2.40. The molecule has 14 rings (SSSR count). The van der Waals surface area contributed by atoms with Crippen LogP contribution in [-0.2, 0) is 69.9 Å². The molecule has 0 bridgehead atoms. The fourth-order valence-corrected chi connectivity index (χ4v) is 16.1. The number of rotatable bonds is 23. The number of hydrogen-bond acceptors (Lipinski definition) is 24. The maximum absolute atomic E-state index is 11.5. The van der Waals surface area contributed by atoms with E-state index in [1.807, 2.05) is 97.9 Å². The summed E-state index contributed by atoms with van der Waals surface area (Å²) in [6, 6.07) is 65.0. The number of piperazine rings is 3. The van der Waals surface area contributed by atoms with E-state index in [1.165, 1.54) is 24.2 Å².